The van der Waals surface area contributed by atoms with Crippen molar-refractivity contribution in [2.45, 2.75) is 110 Å². The summed E-state index contributed by atoms with van der Waals surface area (Å²) >= 11 is 0. The van der Waals surface area contributed by atoms with Crippen molar-refractivity contribution < 1.29 is 9.47 Å². The molecule has 2 aliphatic rings. The Morgan fingerprint density at radius 3 is 1.96 bits per heavy atom. The molecule has 0 unspecified atom stereocenters. The van der Waals surface area contributed by atoms with Crippen LogP contribution >= 0.6 is 0 Å². The molecule has 0 amide bonds. The maximum atomic E-state index is 9.88. The molecule has 1 saturated heterocycles. The zero-order valence-electron chi connectivity index (χ0n) is 17.3. The Hall–Kier alpha value is -0.590. The van der Waals surface area contributed by atoms with E-state index in [2.05, 4.69) is 19.9 Å². The topological polar surface area (TPSA) is 42.2 Å². The fourth-order valence-corrected chi connectivity index (χ4v) is 4.63. The largest absolute Gasteiger partial charge is 0.351 e. The standard InChI is InChI=1S/C23H41NO2/c1-3-5-7-8-10-11-20-13-15-23(19-24,16-14-20)22-25-17-21(18-26-22)12-9-6-4-2/h20-22H,3-18H2,1-2H3. The second kappa shape index (κ2) is 12.0. The van der Waals surface area contributed by atoms with E-state index in [1.54, 1.807) is 0 Å². The highest BCUT2D eigenvalue weighted by Crippen LogP contribution is 2.45. The van der Waals surface area contributed by atoms with Crippen molar-refractivity contribution in [3.8, 4) is 6.07 Å². The van der Waals surface area contributed by atoms with Crippen molar-refractivity contribution >= 4 is 0 Å². The van der Waals surface area contributed by atoms with Gasteiger partial charge >= 0.3 is 0 Å². The van der Waals surface area contributed by atoms with E-state index in [0.29, 0.717) is 5.92 Å². The lowest BCUT2D eigenvalue weighted by Crippen LogP contribution is -2.45. The molecular formula is C23H41NO2. The van der Waals surface area contributed by atoms with Crippen molar-refractivity contribution in [1.82, 2.24) is 0 Å². The van der Waals surface area contributed by atoms with E-state index < -0.39 is 5.41 Å². The molecule has 2 fully saturated rings. The summed E-state index contributed by atoms with van der Waals surface area (Å²) < 4.78 is 12.1. The monoisotopic (exact) mass is 363 g/mol. The molecule has 3 nitrogen and oxygen atoms in total. The van der Waals surface area contributed by atoms with E-state index in [1.807, 2.05) is 0 Å². The van der Waals surface area contributed by atoms with Gasteiger partial charge in [0.2, 0.25) is 0 Å². The van der Waals surface area contributed by atoms with Crippen LogP contribution in [-0.2, 0) is 9.47 Å². The number of nitriles is 1. The van der Waals surface area contributed by atoms with Gasteiger partial charge in [0, 0.05) is 5.92 Å². The van der Waals surface area contributed by atoms with Crippen LogP contribution in [0.2, 0.25) is 0 Å². The van der Waals surface area contributed by atoms with Gasteiger partial charge in [-0.05, 0) is 38.0 Å². The van der Waals surface area contributed by atoms with Crippen molar-refractivity contribution in [3.05, 3.63) is 0 Å². The molecule has 0 bridgehead atoms. The minimum atomic E-state index is -0.396. The normalized spacial score (nSPS) is 32.3. The Morgan fingerprint density at radius 1 is 0.808 bits per heavy atom. The van der Waals surface area contributed by atoms with Crippen molar-refractivity contribution in [1.29, 1.82) is 5.26 Å². The Morgan fingerprint density at radius 2 is 1.35 bits per heavy atom. The maximum Gasteiger partial charge on any atom is 0.176 e. The summed E-state index contributed by atoms with van der Waals surface area (Å²) in [5.74, 6) is 1.33. The average molecular weight is 364 g/mol. The Labute approximate surface area is 161 Å². The van der Waals surface area contributed by atoms with Gasteiger partial charge in [0.1, 0.15) is 5.41 Å². The third-order valence-corrected chi connectivity index (χ3v) is 6.57. The molecule has 0 aromatic heterocycles. The van der Waals surface area contributed by atoms with Gasteiger partial charge in [-0.1, -0.05) is 71.6 Å². The smallest absolute Gasteiger partial charge is 0.176 e. The number of unbranched alkanes of at least 4 members (excludes halogenated alkanes) is 6. The van der Waals surface area contributed by atoms with Crippen LogP contribution in [0.1, 0.15) is 104 Å². The summed E-state index contributed by atoms with van der Waals surface area (Å²) in [6, 6.07) is 2.61. The van der Waals surface area contributed by atoms with Crippen molar-refractivity contribution in [2.75, 3.05) is 13.2 Å². The second-order valence-corrected chi connectivity index (χ2v) is 8.77. The van der Waals surface area contributed by atoms with Gasteiger partial charge in [-0.15, -0.1) is 0 Å². The van der Waals surface area contributed by atoms with Gasteiger partial charge in [-0.2, -0.15) is 5.26 Å². The summed E-state index contributed by atoms with van der Waals surface area (Å²) in [7, 11) is 0. The minimum absolute atomic E-state index is 0.291. The number of hydrogen-bond donors (Lipinski definition) is 0. The summed E-state index contributed by atoms with van der Waals surface area (Å²) in [4.78, 5) is 0. The quantitative estimate of drug-likeness (QED) is 0.387. The van der Waals surface area contributed by atoms with Crippen LogP contribution in [0.25, 0.3) is 0 Å². The fraction of sp³-hybridized carbons (Fsp3) is 0.957. The molecule has 1 heterocycles. The first-order valence-electron chi connectivity index (χ1n) is 11.4. The first-order valence-corrected chi connectivity index (χ1v) is 11.4. The Balaban J connectivity index is 1.69. The fourth-order valence-electron chi connectivity index (χ4n) is 4.63. The predicted octanol–water partition coefficient (Wildman–Crippen LogP) is 6.62. The van der Waals surface area contributed by atoms with Gasteiger partial charge in [0.15, 0.2) is 6.29 Å². The highest BCUT2D eigenvalue weighted by molar-refractivity contribution is 5.04. The van der Waals surface area contributed by atoms with Crippen LogP contribution in [0, 0.1) is 28.6 Å². The molecule has 0 spiro atoms. The first kappa shape index (κ1) is 21.7. The number of ether oxygens (including phenoxy) is 2. The number of rotatable bonds is 11. The lowest BCUT2D eigenvalue weighted by Gasteiger charge is -2.42. The summed E-state index contributed by atoms with van der Waals surface area (Å²) in [5.41, 5.74) is -0.396. The molecule has 1 aliphatic carbocycles. The first-order chi connectivity index (χ1) is 12.7. The third kappa shape index (κ3) is 6.54. The van der Waals surface area contributed by atoms with Gasteiger partial charge in [-0.25, -0.2) is 0 Å². The van der Waals surface area contributed by atoms with Crippen LogP contribution < -0.4 is 0 Å². The van der Waals surface area contributed by atoms with Crippen LogP contribution in [0.4, 0.5) is 0 Å². The molecular weight excluding hydrogens is 322 g/mol. The predicted molar refractivity (Wildman–Crippen MR) is 107 cm³/mol. The lowest BCUT2D eigenvalue weighted by molar-refractivity contribution is -0.247. The Kier molecular flexibility index (Phi) is 10.0. The van der Waals surface area contributed by atoms with E-state index in [0.717, 1.165) is 32.0 Å². The third-order valence-electron chi connectivity index (χ3n) is 6.57. The molecule has 0 aromatic carbocycles. The van der Waals surface area contributed by atoms with Crippen molar-refractivity contribution in [3.63, 3.8) is 0 Å². The van der Waals surface area contributed by atoms with E-state index in [1.165, 1.54) is 77.0 Å². The number of nitrogens with zero attached hydrogens (tertiary/aromatic N) is 1. The highest BCUT2D eigenvalue weighted by Gasteiger charge is 2.45. The zero-order valence-corrected chi connectivity index (χ0v) is 17.3. The zero-order chi connectivity index (χ0) is 18.7. The molecule has 0 radical (unpaired) electrons. The molecule has 150 valence electrons. The number of hydrogen-bond acceptors (Lipinski definition) is 3. The average Bonchev–Trinajstić information content (AvgIpc) is 2.69. The summed E-state index contributed by atoms with van der Waals surface area (Å²) in [6.45, 7) is 6.06. The molecule has 0 aromatic rings. The lowest BCUT2D eigenvalue weighted by atomic mass is 9.69. The molecule has 1 aliphatic heterocycles. The Bertz CT molecular complexity index is 401. The van der Waals surface area contributed by atoms with Crippen LogP contribution in [-0.4, -0.2) is 19.5 Å². The van der Waals surface area contributed by atoms with E-state index in [4.69, 9.17) is 9.47 Å². The minimum Gasteiger partial charge on any atom is -0.351 e. The molecule has 0 atom stereocenters. The van der Waals surface area contributed by atoms with E-state index >= 15 is 0 Å². The SMILES string of the molecule is CCCCCCCC1CCC(C#N)(C2OCC(CCCCC)CO2)CC1. The highest BCUT2D eigenvalue weighted by atomic mass is 16.7. The molecule has 0 N–H and O–H groups in total. The maximum absolute atomic E-state index is 9.88. The van der Waals surface area contributed by atoms with Gasteiger partial charge in [0.25, 0.3) is 0 Å². The summed E-state index contributed by atoms with van der Waals surface area (Å²) in [5, 5.41) is 9.88. The van der Waals surface area contributed by atoms with Gasteiger partial charge in [0.05, 0.1) is 19.3 Å². The molecule has 3 heteroatoms. The van der Waals surface area contributed by atoms with Gasteiger partial charge in [-0.3, -0.25) is 0 Å². The van der Waals surface area contributed by atoms with E-state index in [-0.39, 0.29) is 6.29 Å². The van der Waals surface area contributed by atoms with Gasteiger partial charge < -0.3 is 9.47 Å². The van der Waals surface area contributed by atoms with Crippen LogP contribution in [0.3, 0.4) is 0 Å². The van der Waals surface area contributed by atoms with Crippen LogP contribution in [0.15, 0.2) is 0 Å². The molecule has 2 rings (SSSR count). The molecule has 1 saturated carbocycles. The molecule has 26 heavy (non-hydrogen) atoms. The van der Waals surface area contributed by atoms with Crippen molar-refractivity contribution in [2.24, 2.45) is 17.3 Å². The van der Waals surface area contributed by atoms with E-state index in [9.17, 15) is 5.26 Å². The summed E-state index contributed by atoms with van der Waals surface area (Å²) in [6.07, 6.45) is 17.1. The second-order valence-electron chi connectivity index (χ2n) is 8.77. The van der Waals surface area contributed by atoms with Crippen LogP contribution in [0.5, 0.6) is 0 Å².